The molecule has 25 heavy (non-hydrogen) atoms. The maximum absolute atomic E-state index is 13.7. The van der Waals surface area contributed by atoms with Gasteiger partial charge in [-0.25, -0.2) is 4.39 Å². The first kappa shape index (κ1) is 18.6. The van der Waals surface area contributed by atoms with Crippen molar-refractivity contribution in [2.45, 2.75) is 26.0 Å². The second-order valence-corrected chi connectivity index (χ2v) is 5.35. The molecular weight excluding hydrogens is 325 g/mol. The van der Waals surface area contributed by atoms with Crippen LogP contribution < -0.4 is 19.5 Å². The highest BCUT2D eigenvalue weighted by molar-refractivity contribution is 5.81. The molecule has 2 rings (SSSR count). The van der Waals surface area contributed by atoms with Gasteiger partial charge in [0.2, 0.25) is 0 Å². The van der Waals surface area contributed by atoms with Gasteiger partial charge in [0.25, 0.3) is 5.91 Å². The molecule has 1 atom stereocenters. The Labute approximate surface area is 146 Å². The van der Waals surface area contributed by atoms with Crippen LogP contribution in [0.5, 0.6) is 17.2 Å². The molecular formula is C19H22FNO4. The molecule has 0 fully saturated rings. The van der Waals surface area contributed by atoms with Gasteiger partial charge in [-0.15, -0.1) is 0 Å². The molecule has 0 unspecified atom stereocenters. The van der Waals surface area contributed by atoms with Gasteiger partial charge in [-0.3, -0.25) is 4.79 Å². The Bertz CT molecular complexity index is 720. The predicted molar refractivity (Wildman–Crippen MR) is 92.5 cm³/mol. The number of carbonyl (C=O) groups is 1. The van der Waals surface area contributed by atoms with Gasteiger partial charge >= 0.3 is 0 Å². The summed E-state index contributed by atoms with van der Waals surface area (Å²) in [4.78, 5) is 12.3. The Morgan fingerprint density at radius 2 is 1.80 bits per heavy atom. The van der Waals surface area contributed by atoms with E-state index < -0.39 is 11.9 Å². The number of amides is 1. The number of methoxy groups -OCH3 is 2. The smallest absolute Gasteiger partial charge is 0.261 e. The largest absolute Gasteiger partial charge is 0.493 e. The first-order chi connectivity index (χ1) is 12.1. The number of rotatable bonds is 8. The number of benzene rings is 2. The summed E-state index contributed by atoms with van der Waals surface area (Å²) in [6.07, 6.45) is -0.344. The predicted octanol–water partition coefficient (Wildman–Crippen LogP) is 3.32. The van der Waals surface area contributed by atoms with Crippen molar-refractivity contribution in [2.24, 2.45) is 0 Å². The van der Waals surface area contributed by atoms with Crippen molar-refractivity contribution < 1.29 is 23.4 Å². The minimum Gasteiger partial charge on any atom is -0.493 e. The molecule has 0 aliphatic rings. The van der Waals surface area contributed by atoms with Crippen molar-refractivity contribution in [1.82, 2.24) is 5.32 Å². The molecule has 0 aliphatic carbocycles. The van der Waals surface area contributed by atoms with Crippen molar-refractivity contribution in [3.05, 3.63) is 53.8 Å². The van der Waals surface area contributed by atoms with E-state index in [0.29, 0.717) is 24.5 Å². The lowest BCUT2D eigenvalue weighted by molar-refractivity contribution is -0.128. The van der Waals surface area contributed by atoms with Gasteiger partial charge in [-0.2, -0.15) is 0 Å². The van der Waals surface area contributed by atoms with E-state index >= 15 is 0 Å². The fourth-order valence-corrected chi connectivity index (χ4v) is 2.31. The topological polar surface area (TPSA) is 56.8 Å². The van der Waals surface area contributed by atoms with Crippen LogP contribution in [-0.4, -0.2) is 26.2 Å². The van der Waals surface area contributed by atoms with E-state index in [1.54, 1.807) is 38.5 Å². The average molecular weight is 347 g/mol. The minimum atomic E-state index is -0.767. The first-order valence-corrected chi connectivity index (χ1v) is 7.98. The van der Waals surface area contributed by atoms with E-state index in [4.69, 9.17) is 14.2 Å². The molecule has 0 spiro atoms. The summed E-state index contributed by atoms with van der Waals surface area (Å²) in [6, 6.07) is 11.4. The molecule has 2 aromatic rings. The van der Waals surface area contributed by atoms with Gasteiger partial charge < -0.3 is 19.5 Å². The highest BCUT2D eigenvalue weighted by atomic mass is 19.1. The van der Waals surface area contributed by atoms with E-state index in [-0.39, 0.29) is 11.7 Å². The summed E-state index contributed by atoms with van der Waals surface area (Å²) in [5.74, 6) is 0.473. The van der Waals surface area contributed by atoms with E-state index in [1.807, 2.05) is 13.0 Å². The second kappa shape index (κ2) is 8.92. The van der Waals surface area contributed by atoms with Gasteiger partial charge in [-0.1, -0.05) is 25.1 Å². The molecule has 5 nitrogen and oxygen atoms in total. The average Bonchev–Trinajstić information content (AvgIpc) is 2.65. The number of para-hydroxylation sites is 1. The zero-order chi connectivity index (χ0) is 18.2. The normalized spacial score (nSPS) is 11.5. The lowest BCUT2D eigenvalue weighted by Gasteiger charge is -2.18. The third kappa shape index (κ3) is 4.86. The summed E-state index contributed by atoms with van der Waals surface area (Å²) < 4.78 is 29.6. The van der Waals surface area contributed by atoms with Crippen molar-refractivity contribution in [2.75, 3.05) is 14.2 Å². The molecule has 0 aromatic heterocycles. The molecule has 0 saturated carbocycles. The van der Waals surface area contributed by atoms with Crippen LogP contribution in [0.25, 0.3) is 0 Å². The lowest BCUT2D eigenvalue weighted by atomic mass is 10.2. The van der Waals surface area contributed by atoms with E-state index in [9.17, 15) is 9.18 Å². The molecule has 1 amide bonds. The molecule has 0 bridgehead atoms. The number of hydrogen-bond acceptors (Lipinski definition) is 4. The molecule has 1 N–H and O–H groups in total. The fraction of sp³-hybridized carbons (Fsp3) is 0.316. The Morgan fingerprint density at radius 1 is 1.08 bits per heavy atom. The van der Waals surface area contributed by atoms with Crippen LogP contribution in [0.3, 0.4) is 0 Å². The van der Waals surface area contributed by atoms with Crippen LogP contribution in [0.4, 0.5) is 4.39 Å². The minimum absolute atomic E-state index is 0.0654. The number of ether oxygens (including phenoxy) is 3. The summed E-state index contributed by atoms with van der Waals surface area (Å²) >= 11 is 0. The van der Waals surface area contributed by atoms with Crippen molar-refractivity contribution in [3.8, 4) is 17.2 Å². The monoisotopic (exact) mass is 347 g/mol. The van der Waals surface area contributed by atoms with E-state index in [2.05, 4.69) is 5.32 Å². The van der Waals surface area contributed by atoms with Crippen LogP contribution in [0, 0.1) is 5.82 Å². The Kier molecular flexibility index (Phi) is 6.62. The van der Waals surface area contributed by atoms with Crippen molar-refractivity contribution in [3.63, 3.8) is 0 Å². The molecule has 0 radical (unpaired) electrons. The summed E-state index contributed by atoms with van der Waals surface area (Å²) in [5, 5.41) is 2.80. The van der Waals surface area contributed by atoms with Crippen molar-refractivity contribution in [1.29, 1.82) is 0 Å². The number of nitrogens with one attached hydrogen (secondary N) is 1. The van der Waals surface area contributed by atoms with Crippen LogP contribution in [0.2, 0.25) is 0 Å². The Morgan fingerprint density at radius 3 is 2.44 bits per heavy atom. The Hall–Kier alpha value is -2.76. The number of hydrogen-bond donors (Lipinski definition) is 1. The summed E-state index contributed by atoms with van der Waals surface area (Å²) in [5.41, 5.74) is 0.853. The third-order valence-corrected chi connectivity index (χ3v) is 3.68. The van der Waals surface area contributed by atoms with Gasteiger partial charge in [0.15, 0.2) is 29.2 Å². The summed E-state index contributed by atoms with van der Waals surface area (Å²) in [6.45, 7) is 2.11. The molecule has 0 heterocycles. The first-order valence-electron chi connectivity index (χ1n) is 7.98. The van der Waals surface area contributed by atoms with Crippen molar-refractivity contribution >= 4 is 5.91 Å². The van der Waals surface area contributed by atoms with Crippen LogP contribution in [0.1, 0.15) is 18.9 Å². The maximum atomic E-state index is 13.7. The van der Waals surface area contributed by atoms with E-state index in [1.165, 1.54) is 12.1 Å². The van der Waals surface area contributed by atoms with Crippen LogP contribution in [-0.2, 0) is 11.3 Å². The molecule has 134 valence electrons. The van der Waals surface area contributed by atoms with Crippen LogP contribution in [0.15, 0.2) is 42.5 Å². The van der Waals surface area contributed by atoms with Crippen LogP contribution >= 0.6 is 0 Å². The standard InChI is InChI=1S/C19H22FNO4/c1-4-15(25-16-8-6-5-7-14(16)20)19(22)21-12-13-9-10-17(23-2)18(11-13)24-3/h5-11,15H,4,12H2,1-3H3,(H,21,22)/t15-/m1/s1. The number of carbonyl (C=O) groups excluding carboxylic acids is 1. The fourth-order valence-electron chi connectivity index (χ4n) is 2.31. The van der Waals surface area contributed by atoms with E-state index in [0.717, 1.165) is 5.56 Å². The van der Waals surface area contributed by atoms with Gasteiger partial charge in [0, 0.05) is 6.54 Å². The maximum Gasteiger partial charge on any atom is 0.261 e. The highest BCUT2D eigenvalue weighted by Gasteiger charge is 2.19. The number of halogens is 1. The second-order valence-electron chi connectivity index (χ2n) is 5.35. The molecule has 0 aliphatic heterocycles. The third-order valence-electron chi connectivity index (χ3n) is 3.68. The molecule has 2 aromatic carbocycles. The Balaban J connectivity index is 1.99. The quantitative estimate of drug-likeness (QED) is 0.796. The molecule has 6 heteroatoms. The molecule has 0 saturated heterocycles. The van der Waals surface area contributed by atoms with Gasteiger partial charge in [-0.05, 0) is 36.2 Å². The summed E-state index contributed by atoms with van der Waals surface area (Å²) in [7, 11) is 3.11. The zero-order valence-corrected chi connectivity index (χ0v) is 14.5. The zero-order valence-electron chi connectivity index (χ0n) is 14.5. The highest BCUT2D eigenvalue weighted by Crippen LogP contribution is 2.27. The van der Waals surface area contributed by atoms with Gasteiger partial charge in [0.05, 0.1) is 14.2 Å². The lowest BCUT2D eigenvalue weighted by Crippen LogP contribution is -2.37. The van der Waals surface area contributed by atoms with Gasteiger partial charge in [0.1, 0.15) is 0 Å². The SMILES string of the molecule is CC[C@@H](Oc1ccccc1F)C(=O)NCc1ccc(OC)c(OC)c1.